The van der Waals surface area contributed by atoms with Gasteiger partial charge in [0.15, 0.2) is 0 Å². The Morgan fingerprint density at radius 2 is 1.95 bits per heavy atom. The van der Waals surface area contributed by atoms with Crippen LogP contribution in [0.15, 0.2) is 54.7 Å². The molecule has 0 radical (unpaired) electrons. The van der Waals surface area contributed by atoms with E-state index in [1.165, 1.54) is 12.3 Å². The summed E-state index contributed by atoms with van der Waals surface area (Å²) in [5.74, 6) is -0.538. The lowest BCUT2D eigenvalue weighted by Gasteiger charge is -2.26. The number of benzene rings is 1. The molecule has 5 rings (SSSR count). The second kappa shape index (κ2) is 10.6. The van der Waals surface area contributed by atoms with E-state index in [0.29, 0.717) is 55.1 Å². The highest BCUT2D eigenvalue weighted by Crippen LogP contribution is 2.35. The molecule has 0 bridgehead atoms. The first kappa shape index (κ1) is 26.0. The summed E-state index contributed by atoms with van der Waals surface area (Å²) in [7, 11) is 0. The van der Waals surface area contributed by atoms with Crippen LogP contribution in [0.5, 0.6) is 0 Å². The lowest BCUT2D eigenvalue weighted by molar-refractivity contribution is -0.141. The number of alkyl halides is 3. The molecule has 1 fully saturated rings. The van der Waals surface area contributed by atoms with Crippen molar-refractivity contribution in [3.8, 4) is 0 Å². The van der Waals surface area contributed by atoms with Crippen molar-refractivity contribution in [3.05, 3.63) is 88.5 Å². The fourth-order valence-electron chi connectivity index (χ4n) is 5.31. The summed E-state index contributed by atoms with van der Waals surface area (Å²) < 4.78 is 46.4. The van der Waals surface area contributed by atoms with Gasteiger partial charge < -0.3 is 19.5 Å². The third kappa shape index (κ3) is 5.05. The van der Waals surface area contributed by atoms with Gasteiger partial charge in [0.25, 0.3) is 11.8 Å². The highest BCUT2D eigenvalue weighted by atomic mass is 19.4. The summed E-state index contributed by atoms with van der Waals surface area (Å²) in [6.07, 6.45) is -1.28. The standard InChI is InChI=1S/C28H29F3N4O3/c1-2-21(18-7-4-3-5-8-18)33-26(36)20-15-23(34-13-14-38-17-24(20)34)27(37)35-12-6-9-22(35)19-10-11-25(32-16-19)28(29,30)31/h3-5,7-8,10-11,15-16,21-22H,2,6,9,12-14,17H2,1H3,(H,33,36)/t21-,22?/m1/s1. The molecule has 2 atom stereocenters. The molecular formula is C28H29F3N4O3. The zero-order valence-electron chi connectivity index (χ0n) is 21.0. The van der Waals surface area contributed by atoms with Crippen molar-refractivity contribution in [2.45, 2.75) is 57.6 Å². The maximum atomic E-state index is 13.8. The van der Waals surface area contributed by atoms with E-state index < -0.39 is 11.9 Å². The zero-order valence-corrected chi connectivity index (χ0v) is 21.0. The second-order valence-corrected chi connectivity index (χ2v) is 9.57. The summed E-state index contributed by atoms with van der Waals surface area (Å²) in [4.78, 5) is 32.5. The molecule has 1 saturated heterocycles. The first-order valence-electron chi connectivity index (χ1n) is 12.8. The molecule has 3 aromatic rings. The van der Waals surface area contributed by atoms with Crippen molar-refractivity contribution in [1.82, 2.24) is 19.8 Å². The topological polar surface area (TPSA) is 76.5 Å². The number of nitrogens with one attached hydrogen (secondary N) is 1. The van der Waals surface area contributed by atoms with Crippen LogP contribution in [0.4, 0.5) is 13.2 Å². The van der Waals surface area contributed by atoms with Gasteiger partial charge >= 0.3 is 6.18 Å². The van der Waals surface area contributed by atoms with Gasteiger partial charge in [-0.15, -0.1) is 0 Å². The molecule has 1 aromatic carbocycles. The Morgan fingerprint density at radius 3 is 2.63 bits per heavy atom. The number of hydrogen-bond donors (Lipinski definition) is 1. The van der Waals surface area contributed by atoms with E-state index in [0.717, 1.165) is 18.1 Å². The molecule has 7 nitrogen and oxygen atoms in total. The number of halogens is 3. The quantitative estimate of drug-likeness (QED) is 0.474. The number of hydrogen-bond acceptors (Lipinski definition) is 4. The van der Waals surface area contributed by atoms with Crippen molar-refractivity contribution in [1.29, 1.82) is 0 Å². The molecule has 2 aliphatic rings. The van der Waals surface area contributed by atoms with E-state index in [-0.39, 0.29) is 30.5 Å². The molecule has 1 unspecified atom stereocenters. The minimum atomic E-state index is -4.52. The van der Waals surface area contributed by atoms with Crippen LogP contribution in [0.1, 0.15) is 81.6 Å². The average molecular weight is 527 g/mol. The van der Waals surface area contributed by atoms with Gasteiger partial charge in [-0.1, -0.05) is 43.3 Å². The highest BCUT2D eigenvalue weighted by Gasteiger charge is 2.36. The van der Waals surface area contributed by atoms with E-state index in [1.807, 2.05) is 41.8 Å². The third-order valence-electron chi connectivity index (χ3n) is 7.26. The van der Waals surface area contributed by atoms with Crippen molar-refractivity contribution in [3.63, 3.8) is 0 Å². The van der Waals surface area contributed by atoms with Gasteiger partial charge in [-0.05, 0) is 42.5 Å². The molecule has 200 valence electrons. The Balaban J connectivity index is 1.41. The van der Waals surface area contributed by atoms with Crippen molar-refractivity contribution >= 4 is 11.8 Å². The number of ether oxygens (including phenoxy) is 1. The van der Waals surface area contributed by atoms with Crippen LogP contribution in [0.2, 0.25) is 0 Å². The summed E-state index contributed by atoms with van der Waals surface area (Å²) in [6, 6.07) is 13.1. The second-order valence-electron chi connectivity index (χ2n) is 9.57. The van der Waals surface area contributed by atoms with Crippen LogP contribution in [0.3, 0.4) is 0 Å². The molecule has 10 heteroatoms. The SMILES string of the molecule is CC[C@@H](NC(=O)c1cc(C(=O)N2CCCC2c2ccc(C(F)(F)F)nc2)n2c1COCC2)c1ccccc1. The summed E-state index contributed by atoms with van der Waals surface area (Å²) in [6.45, 7) is 3.52. The molecule has 0 aliphatic carbocycles. The zero-order chi connectivity index (χ0) is 26.9. The number of amides is 2. The van der Waals surface area contributed by atoms with Gasteiger partial charge in [0, 0.05) is 19.3 Å². The number of fused-ring (bicyclic) bond motifs is 1. The van der Waals surface area contributed by atoms with Crippen LogP contribution < -0.4 is 5.32 Å². The molecule has 4 heterocycles. The molecule has 0 saturated carbocycles. The Bertz CT molecular complexity index is 1310. The van der Waals surface area contributed by atoms with Crippen LogP contribution in [-0.2, 0) is 24.1 Å². The monoisotopic (exact) mass is 526 g/mol. The van der Waals surface area contributed by atoms with Crippen LogP contribution >= 0.6 is 0 Å². The van der Waals surface area contributed by atoms with Crippen molar-refractivity contribution in [2.75, 3.05) is 13.2 Å². The Hall–Kier alpha value is -3.66. The van der Waals surface area contributed by atoms with E-state index in [4.69, 9.17) is 4.74 Å². The molecule has 2 amide bonds. The number of likely N-dealkylation sites (tertiary alicyclic amines) is 1. The van der Waals surface area contributed by atoms with Crippen molar-refractivity contribution in [2.24, 2.45) is 0 Å². The van der Waals surface area contributed by atoms with E-state index in [2.05, 4.69) is 10.3 Å². The minimum Gasteiger partial charge on any atom is -0.373 e. The highest BCUT2D eigenvalue weighted by molar-refractivity contribution is 6.01. The van der Waals surface area contributed by atoms with Crippen LogP contribution in [0, 0.1) is 0 Å². The van der Waals surface area contributed by atoms with Gasteiger partial charge in [0.1, 0.15) is 11.4 Å². The molecule has 1 N–H and O–H groups in total. The Labute approximate surface area is 218 Å². The fraction of sp³-hybridized carbons (Fsp3) is 0.393. The first-order valence-corrected chi connectivity index (χ1v) is 12.8. The van der Waals surface area contributed by atoms with Gasteiger partial charge in [-0.25, -0.2) is 0 Å². The minimum absolute atomic E-state index is 0.182. The van der Waals surface area contributed by atoms with E-state index in [1.54, 1.807) is 11.0 Å². The smallest absolute Gasteiger partial charge is 0.373 e. The first-order chi connectivity index (χ1) is 18.3. The van der Waals surface area contributed by atoms with Crippen molar-refractivity contribution < 1.29 is 27.5 Å². The maximum absolute atomic E-state index is 13.8. The average Bonchev–Trinajstić information content (AvgIpc) is 3.57. The molecule has 38 heavy (non-hydrogen) atoms. The number of pyridine rings is 1. The predicted molar refractivity (Wildman–Crippen MR) is 133 cm³/mol. The molecular weight excluding hydrogens is 497 g/mol. The van der Waals surface area contributed by atoms with Gasteiger partial charge in [-0.2, -0.15) is 13.2 Å². The van der Waals surface area contributed by atoms with Gasteiger partial charge in [-0.3, -0.25) is 14.6 Å². The van der Waals surface area contributed by atoms with E-state index >= 15 is 0 Å². The largest absolute Gasteiger partial charge is 0.433 e. The molecule has 2 aromatic heterocycles. The number of carbonyl (C=O) groups excluding carboxylic acids is 2. The number of carbonyl (C=O) groups is 2. The number of aromatic nitrogens is 2. The Kier molecular flexibility index (Phi) is 7.25. The molecule has 0 spiro atoms. The van der Waals surface area contributed by atoms with Crippen LogP contribution in [0.25, 0.3) is 0 Å². The molecule has 2 aliphatic heterocycles. The van der Waals surface area contributed by atoms with E-state index in [9.17, 15) is 22.8 Å². The summed E-state index contributed by atoms with van der Waals surface area (Å²) in [5, 5.41) is 3.09. The predicted octanol–water partition coefficient (Wildman–Crippen LogP) is 5.29. The summed E-state index contributed by atoms with van der Waals surface area (Å²) in [5.41, 5.74) is 2.02. The lowest BCUT2D eigenvalue weighted by Crippen LogP contribution is -2.33. The lowest BCUT2D eigenvalue weighted by atomic mass is 10.0. The number of nitrogens with zero attached hydrogens (tertiary/aromatic N) is 3. The Morgan fingerprint density at radius 1 is 1.16 bits per heavy atom. The maximum Gasteiger partial charge on any atom is 0.433 e. The third-order valence-corrected chi connectivity index (χ3v) is 7.26. The number of rotatable bonds is 6. The normalized spacial score (nSPS) is 18.2. The fourth-order valence-corrected chi connectivity index (χ4v) is 5.31. The van der Waals surface area contributed by atoms with Gasteiger partial charge in [0.2, 0.25) is 0 Å². The summed E-state index contributed by atoms with van der Waals surface area (Å²) >= 11 is 0. The van der Waals surface area contributed by atoms with Crippen LogP contribution in [-0.4, -0.2) is 39.4 Å². The van der Waals surface area contributed by atoms with Gasteiger partial charge in [0.05, 0.1) is 36.6 Å².